The molecule has 0 aliphatic heterocycles. The van der Waals surface area contributed by atoms with E-state index < -0.39 is 0 Å². The Balaban J connectivity index is 1.68. The maximum atomic E-state index is 12.1. The van der Waals surface area contributed by atoms with E-state index in [9.17, 15) is 4.79 Å². The lowest BCUT2D eigenvalue weighted by atomic mass is 10.1. The van der Waals surface area contributed by atoms with E-state index in [1.54, 1.807) is 24.5 Å². The van der Waals surface area contributed by atoms with Gasteiger partial charge in [0, 0.05) is 0 Å². The molecule has 0 saturated heterocycles. The van der Waals surface area contributed by atoms with E-state index in [0.29, 0.717) is 11.4 Å². The Morgan fingerprint density at radius 2 is 2.08 bits per heavy atom. The molecule has 24 heavy (non-hydrogen) atoms. The second-order valence-corrected chi connectivity index (χ2v) is 5.96. The number of nitrogens with zero attached hydrogens (tertiary/aromatic N) is 2. The molecule has 122 valence electrons. The highest BCUT2D eigenvalue weighted by Crippen LogP contribution is 2.22. The summed E-state index contributed by atoms with van der Waals surface area (Å²) in [6, 6.07) is 13.1. The fraction of sp³-hybridized carbons (Fsp3) is 0.118. The third-order valence-electron chi connectivity index (χ3n) is 3.43. The molecule has 3 aromatic rings. The molecular weight excluding hydrogens is 324 g/mol. The molecule has 0 bridgehead atoms. The molecule has 0 saturated carbocycles. The minimum Gasteiger partial charge on any atom is -0.497 e. The maximum absolute atomic E-state index is 12.1. The van der Waals surface area contributed by atoms with Gasteiger partial charge < -0.3 is 4.74 Å². The van der Waals surface area contributed by atoms with Crippen molar-refractivity contribution in [3.05, 3.63) is 59.1 Å². The Hall–Kier alpha value is -2.93. The van der Waals surface area contributed by atoms with Crippen LogP contribution in [-0.2, 0) is 0 Å². The molecule has 0 aliphatic rings. The Morgan fingerprint density at radius 3 is 2.75 bits per heavy atom. The fourth-order valence-corrected chi connectivity index (χ4v) is 2.78. The first-order valence-corrected chi connectivity index (χ1v) is 8.13. The smallest absolute Gasteiger partial charge is 0.291 e. The molecule has 1 aromatic carbocycles. The van der Waals surface area contributed by atoms with Crippen LogP contribution in [0.5, 0.6) is 5.75 Å². The van der Waals surface area contributed by atoms with Crippen LogP contribution in [0.2, 0.25) is 0 Å². The van der Waals surface area contributed by atoms with Crippen LogP contribution in [0, 0.1) is 0 Å². The molecule has 0 atom stereocenters. The van der Waals surface area contributed by atoms with Crippen molar-refractivity contribution in [2.24, 2.45) is 5.10 Å². The van der Waals surface area contributed by atoms with Gasteiger partial charge in [0.15, 0.2) is 5.69 Å². The Kier molecular flexibility index (Phi) is 4.72. The van der Waals surface area contributed by atoms with Gasteiger partial charge in [-0.05, 0) is 54.3 Å². The lowest BCUT2D eigenvalue weighted by Crippen LogP contribution is -2.19. The lowest BCUT2D eigenvalue weighted by molar-refractivity contribution is 0.0950. The summed E-state index contributed by atoms with van der Waals surface area (Å²) in [5.74, 6) is 0.412. The zero-order valence-electron chi connectivity index (χ0n) is 13.2. The molecule has 2 heterocycles. The average molecular weight is 340 g/mol. The van der Waals surface area contributed by atoms with Crippen molar-refractivity contribution in [3.8, 4) is 16.3 Å². The highest BCUT2D eigenvalue weighted by atomic mass is 32.1. The van der Waals surface area contributed by atoms with Crippen LogP contribution in [0.25, 0.3) is 10.6 Å². The number of hydrazone groups is 1. The van der Waals surface area contributed by atoms with E-state index in [1.807, 2.05) is 48.7 Å². The molecule has 0 radical (unpaired) electrons. The highest BCUT2D eigenvalue weighted by Gasteiger charge is 2.11. The number of aromatic amines is 1. The number of amides is 1. The number of rotatable bonds is 5. The molecule has 6 nitrogen and oxygen atoms in total. The van der Waals surface area contributed by atoms with Crippen molar-refractivity contribution in [2.45, 2.75) is 6.92 Å². The van der Waals surface area contributed by atoms with Crippen LogP contribution in [0.3, 0.4) is 0 Å². The summed E-state index contributed by atoms with van der Waals surface area (Å²) in [6.45, 7) is 1.82. The van der Waals surface area contributed by atoms with Crippen molar-refractivity contribution in [3.63, 3.8) is 0 Å². The van der Waals surface area contributed by atoms with Gasteiger partial charge in [-0.2, -0.15) is 10.2 Å². The van der Waals surface area contributed by atoms with E-state index >= 15 is 0 Å². The topological polar surface area (TPSA) is 79.4 Å². The first-order chi connectivity index (χ1) is 11.7. The monoisotopic (exact) mass is 340 g/mol. The molecule has 3 rings (SSSR count). The summed E-state index contributed by atoms with van der Waals surface area (Å²) in [4.78, 5) is 13.2. The quantitative estimate of drug-likeness (QED) is 0.552. The fourth-order valence-electron chi connectivity index (χ4n) is 2.08. The van der Waals surface area contributed by atoms with E-state index in [2.05, 4.69) is 20.7 Å². The van der Waals surface area contributed by atoms with Gasteiger partial charge in [0.05, 0.1) is 23.4 Å². The van der Waals surface area contributed by atoms with Gasteiger partial charge in [0.25, 0.3) is 5.91 Å². The van der Waals surface area contributed by atoms with Gasteiger partial charge >= 0.3 is 0 Å². The van der Waals surface area contributed by atoms with Crippen LogP contribution >= 0.6 is 11.3 Å². The Labute approximate surface area is 143 Å². The average Bonchev–Trinajstić information content (AvgIpc) is 3.30. The summed E-state index contributed by atoms with van der Waals surface area (Å²) in [5, 5.41) is 13.0. The highest BCUT2D eigenvalue weighted by molar-refractivity contribution is 7.13. The van der Waals surface area contributed by atoms with E-state index in [0.717, 1.165) is 21.9 Å². The van der Waals surface area contributed by atoms with E-state index in [-0.39, 0.29) is 5.91 Å². The zero-order valence-corrected chi connectivity index (χ0v) is 14.1. The number of nitrogens with one attached hydrogen (secondary N) is 2. The van der Waals surface area contributed by atoms with Gasteiger partial charge in [-0.15, -0.1) is 11.3 Å². The first-order valence-electron chi connectivity index (χ1n) is 7.25. The van der Waals surface area contributed by atoms with E-state index in [4.69, 9.17) is 4.74 Å². The zero-order chi connectivity index (χ0) is 16.9. The number of carbonyl (C=O) groups is 1. The number of aromatic nitrogens is 2. The minimum atomic E-state index is -0.359. The Bertz CT molecular complexity index is 851. The van der Waals surface area contributed by atoms with Crippen LogP contribution in [0.1, 0.15) is 23.0 Å². The summed E-state index contributed by atoms with van der Waals surface area (Å²) < 4.78 is 5.12. The number of carbonyl (C=O) groups excluding carboxylic acids is 1. The van der Waals surface area contributed by atoms with Gasteiger partial charge in [-0.1, -0.05) is 6.07 Å². The number of benzene rings is 1. The van der Waals surface area contributed by atoms with Gasteiger partial charge in [0.1, 0.15) is 5.75 Å². The molecule has 1 amide bonds. The molecule has 7 heteroatoms. The second-order valence-electron chi connectivity index (χ2n) is 5.01. The lowest BCUT2D eigenvalue weighted by Gasteiger charge is -2.03. The van der Waals surface area contributed by atoms with Crippen LogP contribution < -0.4 is 10.2 Å². The second kappa shape index (κ2) is 7.10. The summed E-state index contributed by atoms with van der Waals surface area (Å²) in [7, 11) is 1.62. The molecule has 2 aromatic heterocycles. The third-order valence-corrected chi connectivity index (χ3v) is 4.33. The van der Waals surface area contributed by atoms with E-state index in [1.165, 1.54) is 0 Å². The predicted octanol–water partition coefficient (Wildman–Crippen LogP) is 3.30. The molecular formula is C17H16N4O2S. The number of ether oxygens (including phenoxy) is 1. The van der Waals surface area contributed by atoms with Crippen molar-refractivity contribution >= 4 is 23.0 Å². The molecule has 2 N–H and O–H groups in total. The van der Waals surface area contributed by atoms with Gasteiger partial charge in [0.2, 0.25) is 0 Å². The maximum Gasteiger partial charge on any atom is 0.291 e. The normalized spacial score (nSPS) is 11.3. The summed E-state index contributed by atoms with van der Waals surface area (Å²) in [6.07, 6.45) is 0. The number of methoxy groups -OCH3 is 1. The largest absolute Gasteiger partial charge is 0.497 e. The van der Waals surface area contributed by atoms with Crippen LogP contribution in [0.15, 0.2) is 52.9 Å². The van der Waals surface area contributed by atoms with Crippen LogP contribution in [-0.4, -0.2) is 28.9 Å². The number of thiophene rings is 1. The van der Waals surface area contributed by atoms with Crippen molar-refractivity contribution in [1.29, 1.82) is 0 Å². The van der Waals surface area contributed by atoms with Gasteiger partial charge in [-0.3, -0.25) is 9.89 Å². The SMILES string of the molecule is COc1ccc(/C(C)=N/NC(=O)c2cc(-c3cccs3)[nH]n2)cc1. The Morgan fingerprint density at radius 1 is 1.29 bits per heavy atom. The number of hydrogen-bond acceptors (Lipinski definition) is 5. The van der Waals surface area contributed by atoms with Crippen molar-refractivity contribution in [1.82, 2.24) is 15.6 Å². The number of hydrogen-bond donors (Lipinski definition) is 2. The first kappa shape index (κ1) is 15.9. The summed E-state index contributed by atoms with van der Waals surface area (Å²) >= 11 is 1.58. The molecule has 0 aliphatic carbocycles. The van der Waals surface area contributed by atoms with Crippen molar-refractivity contribution < 1.29 is 9.53 Å². The van der Waals surface area contributed by atoms with Crippen LogP contribution in [0.4, 0.5) is 0 Å². The van der Waals surface area contributed by atoms with Gasteiger partial charge in [-0.25, -0.2) is 5.43 Å². The standard InChI is InChI=1S/C17H16N4O2S/c1-11(12-5-7-13(23-2)8-6-12)18-21-17(22)15-10-14(19-20-15)16-4-3-9-24-16/h3-10H,1-2H3,(H,19,20)(H,21,22)/b18-11+. The molecule has 0 unspecified atom stereocenters. The number of H-pyrrole nitrogens is 1. The summed E-state index contributed by atoms with van der Waals surface area (Å²) in [5.41, 5.74) is 5.23. The third kappa shape index (κ3) is 3.52. The van der Waals surface area contributed by atoms with Crippen molar-refractivity contribution in [2.75, 3.05) is 7.11 Å². The minimum absolute atomic E-state index is 0.296. The predicted molar refractivity (Wildman–Crippen MR) is 94.6 cm³/mol. The molecule has 0 spiro atoms. The molecule has 0 fully saturated rings.